The molecule has 0 aromatic carbocycles. The zero-order chi connectivity index (χ0) is 17.2. The van der Waals surface area contributed by atoms with Gasteiger partial charge in [0.1, 0.15) is 15.7 Å². The first-order chi connectivity index (χ1) is 12.2. The lowest BCUT2D eigenvalue weighted by molar-refractivity contribution is 0.0409. The van der Waals surface area contributed by atoms with E-state index in [2.05, 4.69) is 9.97 Å². The third-order valence-electron chi connectivity index (χ3n) is 4.19. The summed E-state index contributed by atoms with van der Waals surface area (Å²) in [6.07, 6.45) is 3.02. The Morgan fingerprint density at radius 1 is 1.36 bits per heavy atom. The largest absolute Gasteiger partial charge is 0.390 e. The molecule has 3 aromatic rings. The lowest BCUT2D eigenvalue weighted by atomic mass is 10.2. The molecule has 1 atom stereocenters. The minimum atomic E-state index is -0.498. The second-order valence-corrected chi connectivity index (χ2v) is 9.30. The average Bonchev–Trinajstić information content (AvgIpc) is 3.29. The number of aliphatic hydroxyl groups is 1. The number of aromatic nitrogens is 2. The number of aryl methyl sites for hydroxylation is 3. The van der Waals surface area contributed by atoms with E-state index in [0.29, 0.717) is 19.0 Å². The molecular formula is C18H20N2O2S3. The zero-order valence-corrected chi connectivity index (χ0v) is 16.5. The molecule has 0 fully saturated rings. The van der Waals surface area contributed by atoms with Gasteiger partial charge in [0, 0.05) is 20.9 Å². The second-order valence-electron chi connectivity index (χ2n) is 6.17. The normalized spacial score (nSPS) is 15.0. The predicted molar refractivity (Wildman–Crippen MR) is 105 cm³/mol. The Morgan fingerprint density at radius 2 is 2.28 bits per heavy atom. The minimum absolute atomic E-state index is 0.347. The van der Waals surface area contributed by atoms with Crippen molar-refractivity contribution in [1.82, 2.24) is 9.97 Å². The molecule has 3 aromatic heterocycles. The van der Waals surface area contributed by atoms with Crippen LogP contribution in [0.25, 0.3) is 10.2 Å². The summed E-state index contributed by atoms with van der Waals surface area (Å²) in [6, 6.07) is 4.06. The van der Waals surface area contributed by atoms with Gasteiger partial charge in [-0.1, -0.05) is 6.07 Å². The number of fused-ring (bicyclic) bond motifs is 3. The fraction of sp³-hybridized carbons (Fsp3) is 0.444. The van der Waals surface area contributed by atoms with Gasteiger partial charge in [-0.15, -0.1) is 34.4 Å². The molecule has 3 heterocycles. The van der Waals surface area contributed by atoms with E-state index in [1.807, 2.05) is 35.8 Å². The van der Waals surface area contributed by atoms with Crippen LogP contribution in [0.5, 0.6) is 0 Å². The van der Waals surface area contributed by atoms with Crippen molar-refractivity contribution in [2.45, 2.75) is 43.9 Å². The van der Waals surface area contributed by atoms with Crippen LogP contribution in [0.15, 0.2) is 22.5 Å². The number of nitrogens with zero attached hydrogens (tertiary/aromatic N) is 2. The molecular weight excluding hydrogens is 372 g/mol. The summed E-state index contributed by atoms with van der Waals surface area (Å²) in [6.45, 7) is 2.85. The van der Waals surface area contributed by atoms with Crippen LogP contribution in [-0.4, -0.2) is 33.5 Å². The van der Waals surface area contributed by atoms with Gasteiger partial charge in [0.2, 0.25) is 0 Å². The highest BCUT2D eigenvalue weighted by Crippen LogP contribution is 2.40. The van der Waals surface area contributed by atoms with Crippen molar-refractivity contribution in [3.63, 3.8) is 0 Å². The summed E-state index contributed by atoms with van der Waals surface area (Å²) in [7, 11) is 0. The lowest BCUT2D eigenvalue weighted by Crippen LogP contribution is -2.18. The van der Waals surface area contributed by atoms with Gasteiger partial charge in [-0.3, -0.25) is 0 Å². The molecule has 1 aliphatic rings. The van der Waals surface area contributed by atoms with Crippen molar-refractivity contribution in [3.05, 3.63) is 38.7 Å². The van der Waals surface area contributed by atoms with E-state index in [-0.39, 0.29) is 0 Å². The molecule has 0 aliphatic heterocycles. The summed E-state index contributed by atoms with van der Waals surface area (Å²) >= 11 is 5.10. The van der Waals surface area contributed by atoms with Crippen LogP contribution in [0, 0.1) is 6.92 Å². The van der Waals surface area contributed by atoms with Crippen LogP contribution in [0.4, 0.5) is 0 Å². The Labute approximate surface area is 159 Å². The lowest BCUT2D eigenvalue weighted by Gasteiger charge is -2.11. The molecule has 0 saturated carbocycles. The Balaban J connectivity index is 1.40. The maximum atomic E-state index is 10.2. The van der Waals surface area contributed by atoms with Gasteiger partial charge in [0.25, 0.3) is 0 Å². The highest BCUT2D eigenvalue weighted by molar-refractivity contribution is 7.99. The van der Waals surface area contributed by atoms with Crippen LogP contribution in [-0.2, 0) is 24.2 Å². The molecule has 0 spiro atoms. The molecule has 4 rings (SSSR count). The standard InChI is InChI=1S/C18H20N2O2S3/c1-11-19-17(16-14-5-2-6-15(14)25-18(16)20-11)24-10-12(21)8-22-9-13-4-3-7-23-13/h3-4,7,12,21H,2,5-6,8-10H2,1H3/t12-/m0/s1. The number of thioether (sulfide) groups is 1. The monoisotopic (exact) mass is 392 g/mol. The van der Waals surface area contributed by atoms with Crippen molar-refractivity contribution < 1.29 is 9.84 Å². The minimum Gasteiger partial charge on any atom is -0.390 e. The van der Waals surface area contributed by atoms with Gasteiger partial charge in [0.15, 0.2) is 0 Å². The smallest absolute Gasteiger partial charge is 0.128 e. The first-order valence-electron chi connectivity index (χ1n) is 8.40. The molecule has 4 nitrogen and oxygen atoms in total. The van der Waals surface area contributed by atoms with Gasteiger partial charge in [-0.25, -0.2) is 9.97 Å². The summed E-state index contributed by atoms with van der Waals surface area (Å²) in [5.74, 6) is 1.39. The first kappa shape index (κ1) is 17.4. The van der Waals surface area contributed by atoms with Gasteiger partial charge in [0.05, 0.1) is 19.3 Å². The second kappa shape index (κ2) is 7.72. The molecule has 1 N–H and O–H groups in total. The molecule has 25 heavy (non-hydrogen) atoms. The maximum absolute atomic E-state index is 10.2. The summed E-state index contributed by atoms with van der Waals surface area (Å²) in [4.78, 5) is 13.0. The Kier molecular flexibility index (Phi) is 5.38. The fourth-order valence-corrected chi connectivity index (χ4v) is 6.10. The maximum Gasteiger partial charge on any atom is 0.128 e. The highest BCUT2D eigenvalue weighted by Gasteiger charge is 2.22. The number of thiophene rings is 2. The zero-order valence-electron chi connectivity index (χ0n) is 14.0. The Bertz CT molecular complexity index is 861. The molecule has 0 bridgehead atoms. The molecule has 1 aliphatic carbocycles. The van der Waals surface area contributed by atoms with Crippen molar-refractivity contribution >= 4 is 44.7 Å². The number of ether oxygens (including phenoxy) is 1. The molecule has 132 valence electrons. The highest BCUT2D eigenvalue weighted by atomic mass is 32.2. The molecule has 7 heteroatoms. The third kappa shape index (κ3) is 3.90. The topological polar surface area (TPSA) is 55.2 Å². The van der Waals surface area contributed by atoms with E-state index in [0.717, 1.165) is 22.1 Å². The molecule has 0 saturated heterocycles. The number of hydrogen-bond donors (Lipinski definition) is 1. The van der Waals surface area contributed by atoms with Crippen LogP contribution >= 0.6 is 34.4 Å². The fourth-order valence-electron chi connectivity index (χ4n) is 3.08. The SMILES string of the molecule is Cc1nc(SC[C@@H](O)COCc2cccs2)c2c3c(sc2n1)CCC3. The van der Waals surface area contributed by atoms with Gasteiger partial charge in [-0.05, 0) is 43.2 Å². The predicted octanol–water partition coefficient (Wildman–Crippen LogP) is 4.22. The molecule has 0 radical (unpaired) electrons. The van der Waals surface area contributed by atoms with Crippen molar-refractivity contribution in [2.75, 3.05) is 12.4 Å². The van der Waals surface area contributed by atoms with E-state index < -0.39 is 6.10 Å². The Morgan fingerprint density at radius 3 is 3.12 bits per heavy atom. The summed E-state index contributed by atoms with van der Waals surface area (Å²) in [5.41, 5.74) is 1.44. The van der Waals surface area contributed by atoms with E-state index in [9.17, 15) is 5.11 Å². The van der Waals surface area contributed by atoms with Gasteiger partial charge >= 0.3 is 0 Å². The molecule has 0 unspecified atom stereocenters. The van der Waals surface area contributed by atoms with Crippen LogP contribution in [0.1, 0.15) is 27.6 Å². The van der Waals surface area contributed by atoms with E-state index in [1.54, 1.807) is 23.1 Å². The average molecular weight is 393 g/mol. The third-order valence-corrected chi connectivity index (χ3v) is 7.35. The van der Waals surface area contributed by atoms with E-state index in [4.69, 9.17) is 4.74 Å². The van der Waals surface area contributed by atoms with Crippen LogP contribution in [0.2, 0.25) is 0 Å². The van der Waals surface area contributed by atoms with E-state index >= 15 is 0 Å². The van der Waals surface area contributed by atoms with Gasteiger partial charge < -0.3 is 9.84 Å². The number of aliphatic hydroxyl groups excluding tert-OH is 1. The van der Waals surface area contributed by atoms with Crippen LogP contribution in [0.3, 0.4) is 0 Å². The molecule has 0 amide bonds. The number of rotatable bonds is 7. The van der Waals surface area contributed by atoms with Crippen molar-refractivity contribution in [3.8, 4) is 0 Å². The summed E-state index contributed by atoms with van der Waals surface area (Å²) in [5, 5.41) is 14.5. The number of hydrogen-bond acceptors (Lipinski definition) is 7. The summed E-state index contributed by atoms with van der Waals surface area (Å²) < 4.78 is 5.61. The van der Waals surface area contributed by atoms with Crippen LogP contribution < -0.4 is 0 Å². The quantitative estimate of drug-likeness (QED) is 0.482. The first-order valence-corrected chi connectivity index (χ1v) is 11.1. The van der Waals surface area contributed by atoms with Gasteiger partial charge in [-0.2, -0.15) is 0 Å². The van der Waals surface area contributed by atoms with E-state index in [1.165, 1.54) is 33.5 Å². The van der Waals surface area contributed by atoms with Crippen molar-refractivity contribution in [1.29, 1.82) is 0 Å². The Hall–Kier alpha value is -0.990. The van der Waals surface area contributed by atoms with Crippen molar-refractivity contribution in [2.24, 2.45) is 0 Å².